The van der Waals surface area contributed by atoms with E-state index in [1.165, 1.54) is 23.1 Å². The molecule has 2 fully saturated rings. The molecule has 4 N–H and O–H groups in total. The Morgan fingerprint density at radius 2 is 1.53 bits per heavy atom. The summed E-state index contributed by atoms with van der Waals surface area (Å²) >= 11 is 6.38. The third-order valence-electron chi connectivity index (χ3n) is 13.7. The molecule has 3 aliphatic heterocycles. The lowest BCUT2D eigenvalue weighted by atomic mass is 9.91. The summed E-state index contributed by atoms with van der Waals surface area (Å²) in [7, 11) is 0. The SMILES string of the molecule is O=C1CCC(N2Cc3cc(NC(=O)CCOCCOCCOCCNC4CCC(n5cc(-c6ccc(Nc7ncc8c(n7)-c7ccc(Cl)cc7C(c7c(F)cccc7F)=NC8)cc6)nn5)CC4)ccc3C2=O)C(=O)N1. The summed E-state index contributed by atoms with van der Waals surface area (Å²) in [4.78, 5) is 64.8. The maximum Gasteiger partial charge on any atom is 0.255 e. The number of halogens is 3. The lowest BCUT2D eigenvalue weighted by Crippen LogP contribution is -2.52. The van der Waals surface area contributed by atoms with Crippen molar-refractivity contribution in [3.8, 4) is 22.5 Å². The Labute approximate surface area is 435 Å². The van der Waals surface area contributed by atoms with E-state index < -0.39 is 23.6 Å². The van der Waals surface area contributed by atoms with Crippen molar-refractivity contribution in [2.45, 2.75) is 76.2 Å². The van der Waals surface area contributed by atoms with Gasteiger partial charge in [-0.05, 0) is 92.3 Å². The van der Waals surface area contributed by atoms with E-state index in [1.54, 1.807) is 42.6 Å². The van der Waals surface area contributed by atoms with Gasteiger partial charge in [-0.2, -0.15) is 0 Å². The normalized spacial score (nSPS) is 18.2. The van der Waals surface area contributed by atoms with Gasteiger partial charge in [0.15, 0.2) is 0 Å². The maximum atomic E-state index is 15.0. The molecule has 2 aromatic heterocycles. The number of ether oxygens (including phenoxy) is 3. The number of hydrogen-bond acceptors (Lipinski definition) is 14. The molecule has 1 atom stereocenters. The molecule has 1 saturated carbocycles. The molecule has 10 rings (SSSR count). The highest BCUT2D eigenvalue weighted by Crippen LogP contribution is 2.36. The Hall–Kier alpha value is -7.36. The number of aromatic nitrogens is 5. The highest BCUT2D eigenvalue weighted by molar-refractivity contribution is 6.31. The molecule has 5 heterocycles. The van der Waals surface area contributed by atoms with Gasteiger partial charge in [0, 0.05) is 76.0 Å². The molecule has 1 saturated heterocycles. The van der Waals surface area contributed by atoms with Gasteiger partial charge in [0.05, 0.1) is 81.8 Å². The summed E-state index contributed by atoms with van der Waals surface area (Å²) in [6.07, 6.45) is 8.25. The number of amides is 4. The largest absolute Gasteiger partial charge is 0.379 e. The first-order valence-corrected chi connectivity index (χ1v) is 25.4. The number of aliphatic imine (C=N–C) groups is 1. The number of nitrogens with one attached hydrogen (secondary N) is 4. The number of carbonyl (C=O) groups is 4. The van der Waals surface area contributed by atoms with Gasteiger partial charge >= 0.3 is 0 Å². The topological polar surface area (TPSA) is 216 Å². The fourth-order valence-electron chi connectivity index (χ4n) is 9.82. The maximum absolute atomic E-state index is 15.0. The Morgan fingerprint density at radius 3 is 2.31 bits per heavy atom. The molecule has 6 aromatic rings. The van der Waals surface area contributed by atoms with E-state index in [0.29, 0.717) is 89.2 Å². The van der Waals surface area contributed by atoms with Crippen molar-refractivity contribution in [3.05, 3.63) is 136 Å². The number of rotatable bonds is 20. The van der Waals surface area contributed by atoms with Crippen LogP contribution in [-0.2, 0) is 41.7 Å². The smallest absolute Gasteiger partial charge is 0.255 e. The Balaban J connectivity index is 0.586. The molecule has 21 heteroatoms. The van der Waals surface area contributed by atoms with Gasteiger partial charge in [-0.1, -0.05) is 41.1 Å². The van der Waals surface area contributed by atoms with Gasteiger partial charge < -0.3 is 35.1 Å². The third-order valence-corrected chi connectivity index (χ3v) is 13.9. The van der Waals surface area contributed by atoms with E-state index in [4.69, 9.17) is 30.8 Å². The van der Waals surface area contributed by atoms with Crippen molar-refractivity contribution >= 4 is 58.3 Å². The average Bonchev–Trinajstić information content (AvgIpc) is 3.99. The zero-order valence-electron chi connectivity index (χ0n) is 40.8. The second kappa shape index (κ2) is 23.5. The van der Waals surface area contributed by atoms with Crippen molar-refractivity contribution in [3.63, 3.8) is 0 Å². The molecule has 0 bridgehead atoms. The lowest BCUT2D eigenvalue weighted by molar-refractivity contribution is -0.137. The number of carbonyl (C=O) groups excluding carboxylic acids is 4. The Morgan fingerprint density at radius 1 is 0.800 bits per heavy atom. The van der Waals surface area contributed by atoms with E-state index in [2.05, 4.69) is 41.6 Å². The second-order valence-electron chi connectivity index (χ2n) is 18.7. The van der Waals surface area contributed by atoms with Crippen molar-refractivity contribution in [2.75, 3.05) is 56.8 Å². The predicted molar refractivity (Wildman–Crippen MR) is 274 cm³/mol. The Kier molecular flexibility index (Phi) is 16.0. The number of nitrogens with zero attached hydrogens (tertiary/aromatic N) is 7. The molecule has 18 nitrogen and oxygen atoms in total. The standard InChI is InChI=1S/C54H54ClF2N11O7/c55-35-6-14-41-42(27-35)51(49-43(56)2-1-3-44(49)57)59-28-34-29-60-54(64-50(34)41)62-37-7-4-32(5-8-37)45-31-68(66-65-45)39-12-9-36(10-13-39)58-19-21-74-23-25-75-24-22-73-20-18-48(70)61-38-11-15-40-33(26-38)30-67(53(40)72)46-16-17-47(69)63-52(46)71/h1-8,11,14-15,26-27,29,31,36,39,46,58H,9-10,12-13,16-25,28,30H2,(H,61,70)(H,60,62,64)(H,63,69,71). The van der Waals surface area contributed by atoms with Gasteiger partial charge in [0.25, 0.3) is 5.91 Å². The first-order valence-electron chi connectivity index (χ1n) is 25.0. The number of fused-ring (bicyclic) bond motifs is 4. The number of hydrogen-bond donors (Lipinski definition) is 4. The van der Waals surface area contributed by atoms with Gasteiger partial charge in [-0.3, -0.25) is 29.5 Å². The number of anilines is 3. The van der Waals surface area contributed by atoms with Crippen LogP contribution < -0.4 is 21.3 Å². The highest BCUT2D eigenvalue weighted by Gasteiger charge is 2.39. The summed E-state index contributed by atoms with van der Waals surface area (Å²) in [5, 5.41) is 21.4. The molecule has 1 unspecified atom stereocenters. The van der Waals surface area contributed by atoms with Gasteiger partial charge in [0.1, 0.15) is 23.4 Å². The minimum absolute atomic E-state index is 0.120. The van der Waals surface area contributed by atoms with Crippen LogP contribution in [-0.4, -0.2) is 117 Å². The second-order valence-corrected chi connectivity index (χ2v) is 19.1. The average molecular weight is 1040 g/mol. The highest BCUT2D eigenvalue weighted by atomic mass is 35.5. The monoisotopic (exact) mass is 1040 g/mol. The number of piperidine rings is 1. The summed E-state index contributed by atoms with van der Waals surface area (Å²) in [5.41, 5.74) is 6.51. The van der Waals surface area contributed by atoms with Crippen LogP contribution in [0.4, 0.5) is 26.1 Å². The molecular weight excluding hydrogens is 988 g/mol. The van der Waals surface area contributed by atoms with E-state index in [1.807, 2.05) is 35.1 Å². The molecule has 1 aliphatic carbocycles. The quantitative estimate of drug-likeness (QED) is 0.0436. The summed E-state index contributed by atoms with van der Waals surface area (Å²) in [6, 6.07) is 21.6. The summed E-state index contributed by atoms with van der Waals surface area (Å²) in [6.45, 7) is 3.47. The molecular formula is C54H54ClF2N11O7. The molecule has 0 spiro atoms. The van der Waals surface area contributed by atoms with Crippen LogP contribution in [0.1, 0.15) is 83.6 Å². The van der Waals surface area contributed by atoms with Crippen LogP contribution in [0.15, 0.2) is 96.2 Å². The van der Waals surface area contributed by atoms with Crippen LogP contribution in [0.3, 0.4) is 0 Å². The van der Waals surface area contributed by atoms with Crippen molar-refractivity contribution in [2.24, 2.45) is 4.99 Å². The van der Waals surface area contributed by atoms with Gasteiger partial charge in [0.2, 0.25) is 23.7 Å². The Bertz CT molecular complexity index is 3110. The fourth-order valence-corrected chi connectivity index (χ4v) is 10.00. The van der Waals surface area contributed by atoms with Gasteiger partial charge in [-0.25, -0.2) is 23.4 Å². The molecule has 4 amide bonds. The van der Waals surface area contributed by atoms with Crippen LogP contribution >= 0.6 is 11.6 Å². The van der Waals surface area contributed by atoms with Crippen LogP contribution in [0.25, 0.3) is 22.5 Å². The first kappa shape index (κ1) is 51.1. The van der Waals surface area contributed by atoms with Crippen LogP contribution in [0, 0.1) is 11.6 Å². The van der Waals surface area contributed by atoms with Gasteiger partial charge in [-0.15, -0.1) is 5.10 Å². The van der Waals surface area contributed by atoms with E-state index in [9.17, 15) is 28.0 Å². The first-order chi connectivity index (χ1) is 36.5. The summed E-state index contributed by atoms with van der Waals surface area (Å²) in [5.74, 6) is -2.39. The minimum atomic E-state index is -0.718. The van der Waals surface area contributed by atoms with Crippen molar-refractivity contribution in [1.29, 1.82) is 0 Å². The van der Waals surface area contributed by atoms with Crippen LogP contribution in [0.5, 0.6) is 0 Å². The molecule has 4 aromatic carbocycles. The van der Waals surface area contributed by atoms with Crippen LogP contribution in [0.2, 0.25) is 5.02 Å². The van der Waals surface area contributed by atoms with E-state index in [-0.39, 0.29) is 74.0 Å². The van der Waals surface area contributed by atoms with E-state index in [0.717, 1.165) is 49.2 Å². The van der Waals surface area contributed by atoms with Crippen molar-refractivity contribution < 1.29 is 42.2 Å². The number of imide groups is 1. The lowest BCUT2D eigenvalue weighted by Gasteiger charge is -2.29. The molecule has 0 radical (unpaired) electrons. The molecule has 388 valence electrons. The molecule has 75 heavy (non-hydrogen) atoms. The zero-order chi connectivity index (χ0) is 51.8. The predicted octanol–water partition coefficient (Wildman–Crippen LogP) is 7.34. The molecule has 4 aliphatic rings. The minimum Gasteiger partial charge on any atom is -0.379 e. The number of benzene rings is 4. The zero-order valence-corrected chi connectivity index (χ0v) is 41.6. The van der Waals surface area contributed by atoms with Crippen molar-refractivity contribution in [1.82, 2.24) is 40.5 Å². The third kappa shape index (κ3) is 12.1. The van der Waals surface area contributed by atoms with E-state index >= 15 is 0 Å². The fraction of sp³-hybridized carbons (Fsp3) is 0.352. The summed E-state index contributed by atoms with van der Waals surface area (Å²) < 4.78 is 48.9.